The van der Waals surface area contributed by atoms with E-state index < -0.39 is 0 Å². The van der Waals surface area contributed by atoms with Crippen LogP contribution in [0.5, 0.6) is 0 Å². The van der Waals surface area contributed by atoms with E-state index in [4.69, 9.17) is 10.5 Å². The number of nitrogen functional groups attached to an aromatic ring is 1. The Balaban J connectivity index is 1.73. The van der Waals surface area contributed by atoms with E-state index in [1.807, 2.05) is 24.3 Å². The topological polar surface area (TPSA) is 58.8 Å². The van der Waals surface area contributed by atoms with Gasteiger partial charge >= 0.3 is 5.97 Å². The number of ether oxygens (including phenoxy) is 1. The van der Waals surface area contributed by atoms with E-state index in [-0.39, 0.29) is 5.97 Å². The van der Waals surface area contributed by atoms with Crippen molar-refractivity contribution in [2.45, 2.75) is 19.8 Å². The first-order valence-electron chi connectivity index (χ1n) is 7.67. The fraction of sp³-hybridized carbons (Fsp3) is 0.562. The Morgan fingerprint density at radius 2 is 1.86 bits per heavy atom. The minimum absolute atomic E-state index is 0.107. The van der Waals surface area contributed by atoms with Crippen LogP contribution >= 0.6 is 0 Å². The van der Waals surface area contributed by atoms with Crippen molar-refractivity contribution in [3.8, 4) is 0 Å². The minimum atomic E-state index is -0.107. The zero-order valence-electron chi connectivity index (χ0n) is 12.8. The zero-order valence-corrected chi connectivity index (χ0v) is 12.8. The van der Waals surface area contributed by atoms with Gasteiger partial charge < -0.3 is 15.4 Å². The van der Waals surface area contributed by atoms with Gasteiger partial charge in [-0.25, -0.2) is 0 Å². The van der Waals surface area contributed by atoms with Crippen LogP contribution in [-0.2, 0) is 9.53 Å². The van der Waals surface area contributed by atoms with Gasteiger partial charge in [-0.05, 0) is 30.7 Å². The maximum absolute atomic E-state index is 11.7. The van der Waals surface area contributed by atoms with Gasteiger partial charge in [-0.3, -0.25) is 9.69 Å². The van der Waals surface area contributed by atoms with Crippen molar-refractivity contribution < 1.29 is 9.53 Å². The van der Waals surface area contributed by atoms with Gasteiger partial charge in [-0.15, -0.1) is 0 Å². The van der Waals surface area contributed by atoms with Crippen LogP contribution in [0.3, 0.4) is 0 Å². The normalized spacial score (nSPS) is 16.0. The quantitative estimate of drug-likeness (QED) is 0.491. The first-order chi connectivity index (χ1) is 10.2. The predicted molar refractivity (Wildman–Crippen MR) is 85.4 cm³/mol. The van der Waals surface area contributed by atoms with Crippen LogP contribution in [0.4, 0.5) is 11.4 Å². The van der Waals surface area contributed by atoms with Crippen molar-refractivity contribution in [3.05, 3.63) is 24.3 Å². The Kier molecular flexibility index (Phi) is 5.87. The summed E-state index contributed by atoms with van der Waals surface area (Å²) in [7, 11) is 0. The van der Waals surface area contributed by atoms with E-state index in [0.717, 1.165) is 44.7 Å². The summed E-state index contributed by atoms with van der Waals surface area (Å²) >= 11 is 0. The van der Waals surface area contributed by atoms with Crippen LogP contribution in [0.15, 0.2) is 24.3 Å². The molecule has 0 amide bonds. The van der Waals surface area contributed by atoms with Crippen molar-refractivity contribution in [1.29, 1.82) is 0 Å². The molecule has 2 rings (SSSR count). The maximum Gasteiger partial charge on any atom is 0.320 e. The number of anilines is 2. The predicted octanol–water partition coefficient (Wildman–Crippen LogP) is 1.73. The summed E-state index contributed by atoms with van der Waals surface area (Å²) in [5.74, 6) is -0.107. The Hall–Kier alpha value is -1.75. The molecule has 1 fully saturated rings. The molecule has 0 radical (unpaired) electrons. The highest BCUT2D eigenvalue weighted by atomic mass is 16.5. The molecule has 0 aromatic heterocycles. The van der Waals surface area contributed by atoms with E-state index in [9.17, 15) is 4.79 Å². The van der Waals surface area contributed by atoms with Crippen molar-refractivity contribution >= 4 is 17.3 Å². The number of hydrogen-bond donors (Lipinski definition) is 1. The molecule has 0 atom stereocenters. The lowest BCUT2D eigenvalue weighted by Gasteiger charge is -2.35. The molecule has 1 aromatic carbocycles. The van der Waals surface area contributed by atoms with Gasteiger partial charge in [0, 0.05) is 37.6 Å². The van der Waals surface area contributed by atoms with Gasteiger partial charge in [0.15, 0.2) is 0 Å². The molecule has 21 heavy (non-hydrogen) atoms. The maximum atomic E-state index is 11.7. The van der Waals surface area contributed by atoms with Crippen LogP contribution in [0.25, 0.3) is 0 Å². The average Bonchev–Trinajstić information content (AvgIpc) is 2.49. The second-order valence-corrected chi connectivity index (χ2v) is 5.43. The molecule has 0 spiro atoms. The number of carbonyl (C=O) groups excluding carboxylic acids is 1. The van der Waals surface area contributed by atoms with Crippen LogP contribution in [0, 0.1) is 0 Å². The van der Waals surface area contributed by atoms with Crippen molar-refractivity contribution in [3.63, 3.8) is 0 Å². The van der Waals surface area contributed by atoms with E-state index in [1.54, 1.807) is 0 Å². The standard InChI is InChI=1S/C16H25N3O2/c1-2-3-12-21-16(20)13-18-8-10-19(11-9-18)15-6-4-14(17)5-7-15/h4-7H,2-3,8-13,17H2,1H3. The lowest BCUT2D eigenvalue weighted by Crippen LogP contribution is -2.48. The molecule has 1 aromatic rings. The van der Waals surface area contributed by atoms with Crippen LogP contribution in [0.2, 0.25) is 0 Å². The summed E-state index contributed by atoms with van der Waals surface area (Å²) in [6.07, 6.45) is 1.99. The molecule has 5 nitrogen and oxygen atoms in total. The summed E-state index contributed by atoms with van der Waals surface area (Å²) in [6.45, 7) is 6.64. The summed E-state index contributed by atoms with van der Waals surface area (Å²) in [5, 5.41) is 0. The summed E-state index contributed by atoms with van der Waals surface area (Å²) < 4.78 is 5.20. The molecule has 0 unspecified atom stereocenters. The van der Waals surface area contributed by atoms with Gasteiger partial charge in [-0.1, -0.05) is 13.3 Å². The van der Waals surface area contributed by atoms with E-state index in [2.05, 4.69) is 16.7 Å². The number of nitrogens with two attached hydrogens (primary N) is 1. The smallest absolute Gasteiger partial charge is 0.320 e. The molecular weight excluding hydrogens is 266 g/mol. The SMILES string of the molecule is CCCCOC(=O)CN1CCN(c2ccc(N)cc2)CC1. The van der Waals surface area contributed by atoms with Gasteiger partial charge in [0.25, 0.3) is 0 Å². The summed E-state index contributed by atoms with van der Waals surface area (Å²) in [5.41, 5.74) is 7.68. The molecule has 1 heterocycles. The number of benzene rings is 1. The monoisotopic (exact) mass is 291 g/mol. The summed E-state index contributed by atoms with van der Waals surface area (Å²) in [4.78, 5) is 16.2. The second-order valence-electron chi connectivity index (χ2n) is 5.43. The van der Waals surface area contributed by atoms with Crippen molar-refractivity contribution in [1.82, 2.24) is 4.90 Å². The van der Waals surface area contributed by atoms with E-state index in [0.29, 0.717) is 13.2 Å². The Labute approximate surface area is 126 Å². The van der Waals surface area contributed by atoms with Crippen molar-refractivity contribution in [2.24, 2.45) is 0 Å². The number of piperazine rings is 1. The fourth-order valence-electron chi connectivity index (χ4n) is 2.41. The largest absolute Gasteiger partial charge is 0.465 e. The van der Waals surface area contributed by atoms with Crippen LogP contribution < -0.4 is 10.6 Å². The molecule has 1 aliphatic heterocycles. The van der Waals surface area contributed by atoms with E-state index >= 15 is 0 Å². The number of hydrogen-bond acceptors (Lipinski definition) is 5. The van der Waals surface area contributed by atoms with E-state index in [1.165, 1.54) is 5.69 Å². The summed E-state index contributed by atoms with van der Waals surface area (Å²) in [6, 6.07) is 7.94. The number of carbonyl (C=O) groups is 1. The first-order valence-corrected chi connectivity index (χ1v) is 7.67. The number of esters is 1. The molecule has 2 N–H and O–H groups in total. The lowest BCUT2D eigenvalue weighted by molar-refractivity contribution is -0.145. The van der Waals surface area contributed by atoms with Gasteiger partial charge in [0.2, 0.25) is 0 Å². The molecule has 1 saturated heterocycles. The fourth-order valence-corrected chi connectivity index (χ4v) is 2.41. The third kappa shape index (κ3) is 4.93. The third-order valence-electron chi connectivity index (χ3n) is 3.74. The average molecular weight is 291 g/mol. The highest BCUT2D eigenvalue weighted by molar-refractivity contribution is 5.71. The molecule has 116 valence electrons. The first kappa shape index (κ1) is 15.6. The van der Waals surface area contributed by atoms with Gasteiger partial charge in [0.05, 0.1) is 13.2 Å². The molecule has 5 heteroatoms. The van der Waals surface area contributed by atoms with Crippen LogP contribution in [0.1, 0.15) is 19.8 Å². The Morgan fingerprint density at radius 1 is 1.19 bits per heavy atom. The molecular formula is C16H25N3O2. The zero-order chi connectivity index (χ0) is 15.1. The van der Waals surface area contributed by atoms with Gasteiger partial charge in [0.1, 0.15) is 0 Å². The Morgan fingerprint density at radius 3 is 2.48 bits per heavy atom. The molecule has 0 aliphatic carbocycles. The van der Waals surface area contributed by atoms with Crippen LogP contribution in [-0.4, -0.2) is 50.2 Å². The van der Waals surface area contributed by atoms with Crippen molar-refractivity contribution in [2.75, 3.05) is 50.0 Å². The number of unbranched alkanes of at least 4 members (excludes halogenated alkanes) is 1. The molecule has 0 saturated carbocycles. The highest BCUT2D eigenvalue weighted by Gasteiger charge is 2.19. The highest BCUT2D eigenvalue weighted by Crippen LogP contribution is 2.17. The molecule has 1 aliphatic rings. The third-order valence-corrected chi connectivity index (χ3v) is 3.74. The number of rotatable bonds is 6. The number of nitrogens with zero attached hydrogens (tertiary/aromatic N) is 2. The minimum Gasteiger partial charge on any atom is -0.465 e. The van der Waals surface area contributed by atoms with Gasteiger partial charge in [-0.2, -0.15) is 0 Å². The molecule has 0 bridgehead atoms. The Bertz CT molecular complexity index is 439. The second kappa shape index (κ2) is 7.88. The lowest BCUT2D eigenvalue weighted by atomic mass is 10.2.